The van der Waals surface area contributed by atoms with Gasteiger partial charge in [0.2, 0.25) is 0 Å². The zero-order valence-corrected chi connectivity index (χ0v) is 11.3. The van der Waals surface area contributed by atoms with Gasteiger partial charge in [0.1, 0.15) is 11.6 Å². The molecule has 4 heteroatoms. The molecule has 2 aromatic rings. The number of nitrogens with one attached hydrogen (secondary N) is 1. The van der Waals surface area contributed by atoms with Crippen LogP contribution in [-0.2, 0) is 0 Å². The minimum atomic E-state index is -0.410. The van der Waals surface area contributed by atoms with Crippen LogP contribution in [0.1, 0.15) is 34.5 Å². The molecule has 20 heavy (non-hydrogen) atoms. The molecular weight excluding hydrogens is 260 g/mol. The highest BCUT2D eigenvalue weighted by molar-refractivity contribution is 5.94. The maximum Gasteiger partial charge on any atom is 0.251 e. The monoisotopic (exact) mass is 275 g/mol. The third-order valence-corrected chi connectivity index (χ3v) is 3.15. The molecule has 0 heterocycles. The highest BCUT2D eigenvalue weighted by atomic mass is 19.1. The molecule has 1 N–H and O–H groups in total. The number of rotatable bonds is 3. The Hall–Kier alpha value is -2.23. The number of amides is 1. The molecule has 2 aromatic carbocycles. The van der Waals surface area contributed by atoms with Crippen molar-refractivity contribution in [3.05, 3.63) is 70.8 Å². The van der Waals surface area contributed by atoms with Crippen LogP contribution in [0.5, 0.6) is 0 Å². The average molecular weight is 275 g/mol. The number of hydrogen-bond donors (Lipinski definition) is 1. The van der Waals surface area contributed by atoms with E-state index in [0.717, 1.165) is 5.56 Å². The van der Waals surface area contributed by atoms with E-state index in [1.54, 1.807) is 38.1 Å². The lowest BCUT2D eigenvalue weighted by Gasteiger charge is -2.14. The number of hydrogen-bond acceptors (Lipinski definition) is 1. The Labute approximate surface area is 116 Å². The van der Waals surface area contributed by atoms with Crippen molar-refractivity contribution in [3.8, 4) is 0 Å². The molecule has 2 rings (SSSR count). The Morgan fingerprint density at radius 1 is 1.10 bits per heavy atom. The van der Waals surface area contributed by atoms with Crippen molar-refractivity contribution in [3.63, 3.8) is 0 Å². The van der Waals surface area contributed by atoms with Gasteiger partial charge in [0.05, 0.1) is 6.04 Å². The van der Waals surface area contributed by atoms with Crippen LogP contribution < -0.4 is 5.32 Å². The lowest BCUT2D eigenvalue weighted by molar-refractivity contribution is 0.0939. The summed E-state index contributed by atoms with van der Waals surface area (Å²) in [6, 6.07) is 9.95. The molecule has 104 valence electrons. The largest absolute Gasteiger partial charge is 0.346 e. The fourth-order valence-corrected chi connectivity index (χ4v) is 1.85. The molecule has 0 saturated heterocycles. The van der Waals surface area contributed by atoms with Crippen molar-refractivity contribution < 1.29 is 13.6 Å². The van der Waals surface area contributed by atoms with E-state index < -0.39 is 5.82 Å². The van der Waals surface area contributed by atoms with Crippen LogP contribution in [0.25, 0.3) is 0 Å². The van der Waals surface area contributed by atoms with E-state index >= 15 is 0 Å². The van der Waals surface area contributed by atoms with Gasteiger partial charge in [0, 0.05) is 5.56 Å². The van der Waals surface area contributed by atoms with Gasteiger partial charge in [-0.3, -0.25) is 4.79 Å². The van der Waals surface area contributed by atoms with Crippen LogP contribution in [0.4, 0.5) is 8.78 Å². The fraction of sp³-hybridized carbons (Fsp3) is 0.188. The standard InChI is InChI=1S/C16H15F2NO/c1-10-3-4-13(9-15(10)18)16(20)19-11(2)12-5-7-14(17)8-6-12/h3-9,11H,1-2H3,(H,19,20). The van der Waals surface area contributed by atoms with E-state index in [1.165, 1.54) is 18.2 Å². The first kappa shape index (κ1) is 14.2. The first-order valence-corrected chi connectivity index (χ1v) is 6.30. The van der Waals surface area contributed by atoms with Gasteiger partial charge in [0.25, 0.3) is 5.91 Å². The third-order valence-electron chi connectivity index (χ3n) is 3.15. The minimum Gasteiger partial charge on any atom is -0.346 e. The second-order valence-electron chi connectivity index (χ2n) is 4.71. The van der Waals surface area contributed by atoms with Gasteiger partial charge < -0.3 is 5.32 Å². The SMILES string of the molecule is Cc1ccc(C(=O)NC(C)c2ccc(F)cc2)cc1F. The molecule has 0 spiro atoms. The Bertz CT molecular complexity index is 623. The van der Waals surface area contributed by atoms with E-state index in [-0.39, 0.29) is 23.3 Å². The Morgan fingerprint density at radius 3 is 2.35 bits per heavy atom. The summed E-state index contributed by atoms with van der Waals surface area (Å²) in [4.78, 5) is 12.0. The maximum atomic E-state index is 13.4. The van der Waals surface area contributed by atoms with E-state index in [4.69, 9.17) is 0 Å². The average Bonchev–Trinajstić information content (AvgIpc) is 2.42. The van der Waals surface area contributed by atoms with Crippen LogP contribution in [0.2, 0.25) is 0 Å². The Balaban J connectivity index is 2.10. The molecule has 0 fully saturated rings. The van der Waals surface area contributed by atoms with Gasteiger partial charge in [-0.15, -0.1) is 0 Å². The number of aryl methyl sites for hydroxylation is 1. The number of carbonyl (C=O) groups is 1. The zero-order valence-electron chi connectivity index (χ0n) is 11.3. The summed E-state index contributed by atoms with van der Waals surface area (Å²) in [6.07, 6.45) is 0. The first-order valence-electron chi connectivity index (χ1n) is 6.30. The summed E-state index contributed by atoms with van der Waals surface area (Å²) in [7, 11) is 0. The zero-order chi connectivity index (χ0) is 14.7. The van der Waals surface area contributed by atoms with Crippen LogP contribution in [0, 0.1) is 18.6 Å². The summed E-state index contributed by atoms with van der Waals surface area (Å²) in [5.41, 5.74) is 1.54. The van der Waals surface area contributed by atoms with Gasteiger partial charge >= 0.3 is 0 Å². The van der Waals surface area contributed by atoms with E-state index in [9.17, 15) is 13.6 Å². The van der Waals surface area contributed by atoms with Crippen LogP contribution >= 0.6 is 0 Å². The van der Waals surface area contributed by atoms with Gasteiger partial charge in [-0.1, -0.05) is 18.2 Å². The van der Waals surface area contributed by atoms with E-state index in [1.807, 2.05) is 0 Å². The summed E-state index contributed by atoms with van der Waals surface area (Å²) >= 11 is 0. The quantitative estimate of drug-likeness (QED) is 0.907. The molecule has 0 radical (unpaired) electrons. The molecule has 0 aliphatic rings. The van der Waals surface area contributed by atoms with Crippen molar-refractivity contribution in [2.75, 3.05) is 0 Å². The molecule has 0 aromatic heterocycles. The van der Waals surface area contributed by atoms with Crippen molar-refractivity contribution in [1.29, 1.82) is 0 Å². The maximum absolute atomic E-state index is 13.4. The number of carbonyl (C=O) groups excluding carboxylic acids is 1. The normalized spacial score (nSPS) is 12.0. The molecule has 0 aliphatic carbocycles. The summed E-state index contributed by atoms with van der Waals surface area (Å²) in [5, 5.41) is 2.75. The van der Waals surface area contributed by atoms with E-state index in [0.29, 0.717) is 5.56 Å². The van der Waals surface area contributed by atoms with Gasteiger partial charge in [-0.05, 0) is 49.2 Å². The smallest absolute Gasteiger partial charge is 0.251 e. The molecule has 2 nitrogen and oxygen atoms in total. The number of halogens is 2. The van der Waals surface area contributed by atoms with Crippen molar-refractivity contribution >= 4 is 5.91 Å². The lowest BCUT2D eigenvalue weighted by atomic mass is 10.1. The van der Waals surface area contributed by atoms with Crippen LogP contribution in [0.3, 0.4) is 0 Å². The molecule has 1 amide bonds. The van der Waals surface area contributed by atoms with Crippen molar-refractivity contribution in [2.24, 2.45) is 0 Å². The van der Waals surface area contributed by atoms with Gasteiger partial charge in [0.15, 0.2) is 0 Å². The predicted molar refractivity (Wildman–Crippen MR) is 73.4 cm³/mol. The molecule has 1 atom stereocenters. The van der Waals surface area contributed by atoms with E-state index in [2.05, 4.69) is 5.32 Å². The highest BCUT2D eigenvalue weighted by Crippen LogP contribution is 2.15. The Morgan fingerprint density at radius 2 is 1.75 bits per heavy atom. The molecule has 0 bridgehead atoms. The first-order chi connectivity index (χ1) is 9.47. The summed E-state index contributed by atoms with van der Waals surface area (Å²) < 4.78 is 26.3. The fourth-order valence-electron chi connectivity index (χ4n) is 1.85. The molecule has 0 aliphatic heterocycles. The molecule has 0 saturated carbocycles. The summed E-state index contributed by atoms with van der Waals surface area (Å²) in [5.74, 6) is -1.10. The number of benzene rings is 2. The second kappa shape index (κ2) is 5.82. The second-order valence-corrected chi connectivity index (χ2v) is 4.71. The molecule has 1 unspecified atom stereocenters. The van der Waals surface area contributed by atoms with Crippen molar-refractivity contribution in [2.45, 2.75) is 19.9 Å². The van der Waals surface area contributed by atoms with Crippen LogP contribution in [0.15, 0.2) is 42.5 Å². The summed E-state index contributed by atoms with van der Waals surface area (Å²) in [6.45, 7) is 3.42. The van der Waals surface area contributed by atoms with Gasteiger partial charge in [-0.2, -0.15) is 0 Å². The predicted octanol–water partition coefficient (Wildman–Crippen LogP) is 3.76. The minimum absolute atomic E-state index is 0.266. The van der Waals surface area contributed by atoms with Gasteiger partial charge in [-0.25, -0.2) is 8.78 Å². The molecular formula is C16H15F2NO. The lowest BCUT2D eigenvalue weighted by Crippen LogP contribution is -2.26. The highest BCUT2D eigenvalue weighted by Gasteiger charge is 2.12. The topological polar surface area (TPSA) is 29.1 Å². The van der Waals surface area contributed by atoms with Crippen molar-refractivity contribution in [1.82, 2.24) is 5.32 Å². The third kappa shape index (κ3) is 3.20. The van der Waals surface area contributed by atoms with Crippen LogP contribution in [-0.4, -0.2) is 5.91 Å². The Kier molecular flexibility index (Phi) is 4.13.